The van der Waals surface area contributed by atoms with Crippen molar-refractivity contribution in [3.63, 3.8) is 0 Å². The van der Waals surface area contributed by atoms with Crippen molar-refractivity contribution in [2.75, 3.05) is 31.3 Å². The van der Waals surface area contributed by atoms with E-state index in [1.165, 1.54) is 0 Å². The third-order valence-electron chi connectivity index (χ3n) is 3.69. The second-order valence-corrected chi connectivity index (χ2v) is 5.58. The fourth-order valence-corrected chi connectivity index (χ4v) is 2.81. The average Bonchev–Trinajstić information content (AvgIpc) is 2.73. The van der Waals surface area contributed by atoms with Gasteiger partial charge < -0.3 is 9.64 Å². The van der Waals surface area contributed by atoms with Gasteiger partial charge in [0.2, 0.25) is 0 Å². The summed E-state index contributed by atoms with van der Waals surface area (Å²) in [6, 6.07) is 16.2. The number of halogens is 1. The first-order chi connectivity index (χ1) is 10.8. The van der Waals surface area contributed by atoms with Crippen LogP contribution >= 0.6 is 11.6 Å². The van der Waals surface area contributed by atoms with Gasteiger partial charge in [0, 0.05) is 35.0 Å². The molecule has 0 bridgehead atoms. The fourth-order valence-electron chi connectivity index (χ4n) is 2.64. The number of benzodiazepines with no additional fused rings is 1. The highest BCUT2D eigenvalue weighted by Crippen LogP contribution is 2.29. The highest BCUT2D eigenvalue weighted by molar-refractivity contribution is 6.31. The Morgan fingerprint density at radius 1 is 1.18 bits per heavy atom. The molecule has 0 aromatic heterocycles. The maximum Gasteiger partial charge on any atom is 0.118 e. The summed E-state index contributed by atoms with van der Waals surface area (Å²) in [7, 11) is 0. The van der Waals surface area contributed by atoms with Crippen molar-refractivity contribution in [3.05, 3.63) is 64.7 Å². The van der Waals surface area contributed by atoms with Gasteiger partial charge in [-0.15, -0.1) is 0 Å². The maximum atomic E-state index is 6.23. The summed E-state index contributed by atoms with van der Waals surface area (Å²) in [5.41, 5.74) is 4.30. The molecule has 0 N–H and O–H groups in total. The zero-order valence-electron chi connectivity index (χ0n) is 12.6. The number of ether oxygens (including phenoxy) is 1. The molecule has 2 aromatic rings. The van der Waals surface area contributed by atoms with Gasteiger partial charge in [0.1, 0.15) is 6.73 Å². The van der Waals surface area contributed by atoms with Crippen LogP contribution in [0, 0.1) is 0 Å². The predicted molar refractivity (Wildman–Crippen MR) is 92.2 cm³/mol. The van der Waals surface area contributed by atoms with Crippen LogP contribution in [-0.2, 0) is 4.74 Å². The second-order valence-electron chi connectivity index (χ2n) is 5.14. The molecule has 114 valence electrons. The smallest absolute Gasteiger partial charge is 0.118 e. The number of benzene rings is 2. The highest BCUT2D eigenvalue weighted by atomic mass is 35.5. The third kappa shape index (κ3) is 3.16. The fraction of sp³-hybridized carbons (Fsp3) is 0.278. The number of anilines is 1. The van der Waals surface area contributed by atoms with Crippen LogP contribution in [0.4, 0.5) is 5.69 Å². The number of hydrogen-bond donors (Lipinski definition) is 0. The molecular formula is C18H19ClN2O. The quantitative estimate of drug-likeness (QED) is 0.852. The van der Waals surface area contributed by atoms with Gasteiger partial charge in [-0.05, 0) is 25.1 Å². The van der Waals surface area contributed by atoms with Gasteiger partial charge in [0.25, 0.3) is 0 Å². The molecule has 3 rings (SSSR count). The molecule has 4 heteroatoms. The summed E-state index contributed by atoms with van der Waals surface area (Å²) >= 11 is 6.23. The second kappa shape index (κ2) is 6.95. The number of nitrogens with zero attached hydrogens (tertiary/aromatic N) is 2. The molecule has 3 nitrogen and oxygen atoms in total. The molecule has 0 saturated heterocycles. The van der Waals surface area contributed by atoms with E-state index in [4.69, 9.17) is 21.3 Å². The van der Waals surface area contributed by atoms with Crippen molar-refractivity contribution in [1.29, 1.82) is 0 Å². The van der Waals surface area contributed by atoms with Crippen LogP contribution in [0.3, 0.4) is 0 Å². The molecule has 0 unspecified atom stereocenters. The van der Waals surface area contributed by atoms with Crippen LogP contribution in [0.1, 0.15) is 18.1 Å². The Kier molecular flexibility index (Phi) is 4.76. The zero-order chi connectivity index (χ0) is 15.4. The van der Waals surface area contributed by atoms with Gasteiger partial charge in [-0.2, -0.15) is 0 Å². The molecule has 0 amide bonds. The number of rotatable bonds is 4. The van der Waals surface area contributed by atoms with Gasteiger partial charge in [-0.3, -0.25) is 4.99 Å². The largest absolute Gasteiger partial charge is 0.361 e. The molecule has 0 spiro atoms. The Labute approximate surface area is 136 Å². The Balaban J connectivity index is 2.05. The van der Waals surface area contributed by atoms with E-state index in [0.29, 0.717) is 13.3 Å². The van der Waals surface area contributed by atoms with Crippen molar-refractivity contribution in [1.82, 2.24) is 0 Å². The lowest BCUT2D eigenvalue weighted by molar-refractivity contribution is 0.148. The number of aliphatic imine (C=N–C) groups is 1. The van der Waals surface area contributed by atoms with Crippen molar-refractivity contribution in [2.45, 2.75) is 6.92 Å². The minimum Gasteiger partial charge on any atom is -0.361 e. The Hall–Kier alpha value is -1.84. The summed E-state index contributed by atoms with van der Waals surface area (Å²) < 4.78 is 5.60. The lowest BCUT2D eigenvalue weighted by atomic mass is 10.0. The predicted octanol–water partition coefficient (Wildman–Crippen LogP) is 3.99. The summed E-state index contributed by atoms with van der Waals surface area (Å²) in [6.45, 7) is 4.86. The number of fused-ring (bicyclic) bond motifs is 1. The van der Waals surface area contributed by atoms with Crippen LogP contribution in [0.2, 0.25) is 5.02 Å². The molecule has 0 fully saturated rings. The van der Waals surface area contributed by atoms with Crippen molar-refractivity contribution in [2.24, 2.45) is 4.99 Å². The SMILES string of the molecule is CCOCN1CCN=C(c2ccccc2)c2cc(Cl)ccc21. The van der Waals surface area contributed by atoms with Gasteiger partial charge in [0.15, 0.2) is 0 Å². The van der Waals surface area contributed by atoms with Gasteiger partial charge >= 0.3 is 0 Å². The minimum atomic E-state index is 0.572. The first kappa shape index (κ1) is 15.1. The lowest BCUT2D eigenvalue weighted by Gasteiger charge is -2.24. The van der Waals surface area contributed by atoms with Crippen LogP contribution < -0.4 is 4.90 Å². The third-order valence-corrected chi connectivity index (χ3v) is 3.93. The first-order valence-electron chi connectivity index (χ1n) is 7.52. The van der Waals surface area contributed by atoms with E-state index in [1.54, 1.807) is 0 Å². The molecule has 1 heterocycles. The van der Waals surface area contributed by atoms with E-state index in [1.807, 2.05) is 37.3 Å². The van der Waals surface area contributed by atoms with Crippen LogP contribution in [0.25, 0.3) is 0 Å². The van der Waals surface area contributed by atoms with E-state index >= 15 is 0 Å². The molecular weight excluding hydrogens is 296 g/mol. The molecule has 22 heavy (non-hydrogen) atoms. The zero-order valence-corrected chi connectivity index (χ0v) is 13.4. The van der Waals surface area contributed by atoms with Crippen LogP contribution in [0.5, 0.6) is 0 Å². The summed E-state index contributed by atoms with van der Waals surface area (Å²) in [6.07, 6.45) is 0. The van der Waals surface area contributed by atoms with E-state index in [0.717, 1.165) is 40.6 Å². The molecule has 0 radical (unpaired) electrons. The average molecular weight is 315 g/mol. The Morgan fingerprint density at radius 3 is 2.77 bits per heavy atom. The van der Waals surface area contributed by atoms with Crippen molar-refractivity contribution in [3.8, 4) is 0 Å². The highest BCUT2D eigenvalue weighted by Gasteiger charge is 2.20. The summed E-state index contributed by atoms with van der Waals surface area (Å²) in [5, 5.41) is 0.723. The number of hydrogen-bond acceptors (Lipinski definition) is 3. The van der Waals surface area contributed by atoms with Gasteiger partial charge in [-0.25, -0.2) is 0 Å². The summed E-state index contributed by atoms with van der Waals surface area (Å²) in [4.78, 5) is 7.01. The molecule has 0 saturated carbocycles. The maximum absolute atomic E-state index is 6.23. The normalized spacial score (nSPS) is 14.3. The molecule has 2 aromatic carbocycles. The minimum absolute atomic E-state index is 0.572. The molecule has 0 aliphatic carbocycles. The topological polar surface area (TPSA) is 24.8 Å². The van der Waals surface area contributed by atoms with Crippen molar-refractivity contribution >= 4 is 23.0 Å². The monoisotopic (exact) mass is 314 g/mol. The van der Waals surface area contributed by atoms with E-state index in [9.17, 15) is 0 Å². The molecule has 1 aliphatic rings. The summed E-state index contributed by atoms with van der Waals surface area (Å²) in [5.74, 6) is 0. The first-order valence-corrected chi connectivity index (χ1v) is 7.90. The Morgan fingerprint density at radius 2 is 2.00 bits per heavy atom. The van der Waals surface area contributed by atoms with Crippen molar-refractivity contribution < 1.29 is 4.74 Å². The Bertz CT molecular complexity index is 670. The van der Waals surface area contributed by atoms with Gasteiger partial charge in [0.05, 0.1) is 12.3 Å². The van der Waals surface area contributed by atoms with E-state index in [2.05, 4.69) is 23.1 Å². The van der Waals surface area contributed by atoms with Gasteiger partial charge in [-0.1, -0.05) is 41.9 Å². The van der Waals surface area contributed by atoms with Crippen LogP contribution in [-0.4, -0.2) is 32.1 Å². The standard InChI is InChI=1S/C18H19ClN2O/c1-2-22-13-21-11-10-20-18(14-6-4-3-5-7-14)16-12-15(19)8-9-17(16)21/h3-9,12H,2,10-11,13H2,1H3. The lowest BCUT2D eigenvalue weighted by Crippen LogP contribution is -2.28. The van der Waals surface area contributed by atoms with Crippen LogP contribution in [0.15, 0.2) is 53.5 Å². The molecule has 1 aliphatic heterocycles. The van der Waals surface area contributed by atoms with E-state index < -0.39 is 0 Å². The molecule has 0 atom stereocenters. The van der Waals surface area contributed by atoms with E-state index in [-0.39, 0.29) is 0 Å².